The van der Waals surface area contributed by atoms with E-state index in [9.17, 15) is 4.79 Å². The summed E-state index contributed by atoms with van der Waals surface area (Å²) in [7, 11) is 1.55. The summed E-state index contributed by atoms with van der Waals surface area (Å²) in [6.07, 6.45) is 0.492. The normalized spacial score (nSPS) is 12.5. The van der Waals surface area contributed by atoms with Crippen LogP contribution in [0.5, 0.6) is 0 Å². The number of aliphatic hydroxyl groups excluding tert-OH is 1. The molecule has 1 atom stereocenters. The largest absolute Gasteiger partial charge is 0.396 e. The van der Waals surface area contributed by atoms with Crippen molar-refractivity contribution >= 4 is 5.91 Å². The smallest absolute Gasteiger partial charge is 0.246 e. The van der Waals surface area contributed by atoms with Gasteiger partial charge in [0.25, 0.3) is 0 Å². The van der Waals surface area contributed by atoms with E-state index in [0.29, 0.717) is 19.6 Å². The van der Waals surface area contributed by atoms with Gasteiger partial charge < -0.3 is 19.9 Å². The van der Waals surface area contributed by atoms with Crippen molar-refractivity contribution in [3.8, 4) is 0 Å². The van der Waals surface area contributed by atoms with E-state index in [0.717, 1.165) is 0 Å². The van der Waals surface area contributed by atoms with Gasteiger partial charge in [-0.25, -0.2) is 0 Å². The zero-order chi connectivity index (χ0) is 10.8. The Labute approximate surface area is 84.4 Å². The maximum Gasteiger partial charge on any atom is 0.246 e. The molecule has 1 amide bonds. The molecule has 0 aromatic rings. The summed E-state index contributed by atoms with van der Waals surface area (Å²) in [4.78, 5) is 11.2. The topological polar surface area (TPSA) is 67.8 Å². The number of methoxy groups -OCH3 is 1. The predicted molar refractivity (Wildman–Crippen MR) is 52.0 cm³/mol. The molecular formula is C9H19NO4. The van der Waals surface area contributed by atoms with E-state index in [1.165, 1.54) is 0 Å². The van der Waals surface area contributed by atoms with Gasteiger partial charge >= 0.3 is 0 Å². The maximum atomic E-state index is 11.2. The maximum absolute atomic E-state index is 11.2. The Hall–Kier alpha value is -0.650. The number of carbonyl (C=O) groups excluding carboxylic acids is 1. The molecule has 0 aliphatic rings. The second kappa shape index (κ2) is 8.93. The van der Waals surface area contributed by atoms with Crippen LogP contribution in [-0.4, -0.2) is 50.6 Å². The number of amides is 1. The molecule has 0 aliphatic carbocycles. The van der Waals surface area contributed by atoms with E-state index in [-0.39, 0.29) is 25.2 Å². The average molecular weight is 205 g/mol. The molecule has 1 unspecified atom stereocenters. The Balaban J connectivity index is 3.71. The molecule has 0 aliphatic heterocycles. The lowest BCUT2D eigenvalue weighted by atomic mass is 10.2. The Bertz CT molecular complexity index is 146. The third-order valence-electron chi connectivity index (χ3n) is 1.65. The Kier molecular flexibility index (Phi) is 8.51. The van der Waals surface area contributed by atoms with E-state index < -0.39 is 0 Å². The standard InChI is InChI=1S/C9H19NO4/c1-3-14-7-9(12)10-8(4-5-11)6-13-2/h8,11H,3-7H2,1-2H3,(H,10,12). The third kappa shape index (κ3) is 6.82. The van der Waals surface area contributed by atoms with Gasteiger partial charge in [0.05, 0.1) is 12.6 Å². The van der Waals surface area contributed by atoms with Crippen LogP contribution in [0.4, 0.5) is 0 Å². The highest BCUT2D eigenvalue weighted by Crippen LogP contribution is 1.91. The Morgan fingerprint density at radius 1 is 1.57 bits per heavy atom. The first-order valence-corrected chi connectivity index (χ1v) is 4.71. The van der Waals surface area contributed by atoms with Gasteiger partial charge in [-0.15, -0.1) is 0 Å². The molecular weight excluding hydrogens is 186 g/mol. The summed E-state index contributed by atoms with van der Waals surface area (Å²) in [6.45, 7) is 2.83. The number of hydrogen-bond acceptors (Lipinski definition) is 4. The first kappa shape index (κ1) is 13.4. The molecule has 2 N–H and O–H groups in total. The second-order valence-electron chi connectivity index (χ2n) is 2.87. The molecule has 5 nitrogen and oxygen atoms in total. The van der Waals surface area contributed by atoms with E-state index in [1.807, 2.05) is 6.92 Å². The molecule has 0 spiro atoms. The van der Waals surface area contributed by atoms with Crippen molar-refractivity contribution in [2.75, 3.05) is 33.5 Å². The van der Waals surface area contributed by atoms with Crippen molar-refractivity contribution in [3.05, 3.63) is 0 Å². The van der Waals surface area contributed by atoms with E-state index in [4.69, 9.17) is 14.6 Å². The quantitative estimate of drug-likeness (QED) is 0.562. The predicted octanol–water partition coefficient (Wildman–Crippen LogP) is -0.463. The van der Waals surface area contributed by atoms with Gasteiger partial charge in [0.1, 0.15) is 6.61 Å². The number of aliphatic hydroxyl groups is 1. The summed E-state index contributed by atoms with van der Waals surface area (Å²) in [5.41, 5.74) is 0. The minimum Gasteiger partial charge on any atom is -0.396 e. The first-order valence-electron chi connectivity index (χ1n) is 4.71. The molecule has 0 heterocycles. The highest BCUT2D eigenvalue weighted by atomic mass is 16.5. The number of ether oxygens (including phenoxy) is 2. The lowest BCUT2D eigenvalue weighted by Crippen LogP contribution is -2.40. The van der Waals surface area contributed by atoms with E-state index in [2.05, 4.69) is 5.32 Å². The van der Waals surface area contributed by atoms with Crippen molar-refractivity contribution in [2.45, 2.75) is 19.4 Å². The average Bonchev–Trinajstić information content (AvgIpc) is 2.15. The highest BCUT2D eigenvalue weighted by molar-refractivity contribution is 5.77. The summed E-state index contributed by atoms with van der Waals surface area (Å²) >= 11 is 0. The van der Waals surface area contributed by atoms with Crippen LogP contribution in [0.25, 0.3) is 0 Å². The van der Waals surface area contributed by atoms with Crippen molar-refractivity contribution < 1.29 is 19.4 Å². The monoisotopic (exact) mass is 205 g/mol. The Morgan fingerprint density at radius 3 is 2.79 bits per heavy atom. The molecule has 0 aromatic heterocycles. The van der Waals surface area contributed by atoms with Gasteiger partial charge in [0.15, 0.2) is 0 Å². The zero-order valence-electron chi connectivity index (χ0n) is 8.78. The molecule has 0 rings (SSSR count). The van der Waals surface area contributed by atoms with Gasteiger partial charge in [0, 0.05) is 20.3 Å². The zero-order valence-corrected chi connectivity index (χ0v) is 8.78. The minimum absolute atomic E-state index is 0.0307. The molecule has 0 saturated heterocycles. The van der Waals surface area contributed by atoms with Crippen molar-refractivity contribution in [2.24, 2.45) is 0 Å². The number of carbonyl (C=O) groups is 1. The fourth-order valence-corrected chi connectivity index (χ4v) is 1.02. The fourth-order valence-electron chi connectivity index (χ4n) is 1.02. The Morgan fingerprint density at radius 2 is 2.29 bits per heavy atom. The number of nitrogens with one attached hydrogen (secondary N) is 1. The van der Waals surface area contributed by atoms with Crippen LogP contribution < -0.4 is 5.32 Å². The highest BCUT2D eigenvalue weighted by Gasteiger charge is 2.10. The minimum atomic E-state index is -0.178. The second-order valence-corrected chi connectivity index (χ2v) is 2.87. The molecule has 84 valence electrons. The van der Waals surface area contributed by atoms with Gasteiger partial charge in [-0.1, -0.05) is 0 Å². The lowest BCUT2D eigenvalue weighted by molar-refractivity contribution is -0.126. The molecule has 0 radical (unpaired) electrons. The van der Waals surface area contributed by atoms with Crippen LogP contribution in [0, 0.1) is 0 Å². The summed E-state index contributed by atoms with van der Waals surface area (Å²) in [5.74, 6) is -0.178. The van der Waals surface area contributed by atoms with Crippen molar-refractivity contribution in [1.82, 2.24) is 5.32 Å². The summed E-state index contributed by atoms with van der Waals surface area (Å²) < 4.78 is 9.83. The summed E-state index contributed by atoms with van der Waals surface area (Å²) in [5, 5.41) is 11.4. The SMILES string of the molecule is CCOCC(=O)NC(CCO)COC. The van der Waals surface area contributed by atoms with E-state index in [1.54, 1.807) is 7.11 Å². The lowest BCUT2D eigenvalue weighted by Gasteiger charge is -2.16. The number of rotatable bonds is 8. The molecule has 5 heteroatoms. The fraction of sp³-hybridized carbons (Fsp3) is 0.889. The van der Waals surface area contributed by atoms with Gasteiger partial charge in [0.2, 0.25) is 5.91 Å². The van der Waals surface area contributed by atoms with Crippen LogP contribution in [-0.2, 0) is 14.3 Å². The number of hydrogen-bond donors (Lipinski definition) is 2. The van der Waals surface area contributed by atoms with Crippen molar-refractivity contribution in [3.63, 3.8) is 0 Å². The molecule has 0 fully saturated rings. The third-order valence-corrected chi connectivity index (χ3v) is 1.65. The van der Waals surface area contributed by atoms with Crippen LogP contribution >= 0.6 is 0 Å². The first-order chi connectivity index (χ1) is 6.74. The van der Waals surface area contributed by atoms with Gasteiger partial charge in [-0.2, -0.15) is 0 Å². The van der Waals surface area contributed by atoms with Crippen LogP contribution in [0.15, 0.2) is 0 Å². The summed E-state index contributed by atoms with van der Waals surface area (Å²) in [6, 6.07) is -0.141. The van der Waals surface area contributed by atoms with Gasteiger partial charge in [-0.05, 0) is 13.3 Å². The van der Waals surface area contributed by atoms with E-state index >= 15 is 0 Å². The van der Waals surface area contributed by atoms with Gasteiger partial charge in [-0.3, -0.25) is 4.79 Å². The molecule has 14 heavy (non-hydrogen) atoms. The molecule has 0 saturated carbocycles. The van der Waals surface area contributed by atoms with Crippen LogP contribution in [0.3, 0.4) is 0 Å². The molecule has 0 aromatic carbocycles. The van der Waals surface area contributed by atoms with Crippen LogP contribution in [0.2, 0.25) is 0 Å². The molecule has 0 bridgehead atoms. The van der Waals surface area contributed by atoms with Crippen molar-refractivity contribution in [1.29, 1.82) is 0 Å². The van der Waals surface area contributed by atoms with Crippen LogP contribution in [0.1, 0.15) is 13.3 Å².